The maximum atomic E-state index is 11.8. The van der Waals surface area contributed by atoms with Crippen LogP contribution in [-0.4, -0.2) is 56.7 Å². The zero-order chi connectivity index (χ0) is 23.0. The molecule has 3 aromatic heterocycles. The molecule has 2 aliphatic rings. The minimum atomic E-state index is 0.0371. The summed E-state index contributed by atoms with van der Waals surface area (Å²) in [5.41, 5.74) is 1.47. The van der Waals surface area contributed by atoms with E-state index in [9.17, 15) is 4.79 Å². The molecular weight excluding hydrogens is 467 g/mol. The van der Waals surface area contributed by atoms with Crippen molar-refractivity contribution < 1.29 is 14.3 Å². The van der Waals surface area contributed by atoms with E-state index >= 15 is 0 Å². The van der Waals surface area contributed by atoms with Crippen LogP contribution in [0.1, 0.15) is 43.1 Å². The molecule has 0 radical (unpaired) electrons. The van der Waals surface area contributed by atoms with Crippen LogP contribution < -0.4 is 5.32 Å². The molecular formula is C22H26Cl2N6O3. The molecule has 176 valence electrons. The molecule has 9 nitrogen and oxygen atoms in total. The van der Waals surface area contributed by atoms with E-state index in [-0.39, 0.29) is 11.8 Å². The van der Waals surface area contributed by atoms with Gasteiger partial charge in [-0.05, 0) is 25.7 Å². The highest BCUT2D eigenvalue weighted by Crippen LogP contribution is 2.27. The van der Waals surface area contributed by atoms with Gasteiger partial charge in [0.05, 0.1) is 18.4 Å². The van der Waals surface area contributed by atoms with Crippen molar-refractivity contribution in [3.63, 3.8) is 0 Å². The number of aromatic nitrogens is 5. The van der Waals surface area contributed by atoms with E-state index in [2.05, 4.69) is 25.3 Å². The van der Waals surface area contributed by atoms with Crippen LogP contribution >= 0.6 is 23.2 Å². The Bertz CT molecular complexity index is 1070. The Balaban J connectivity index is 0.000000157. The number of rotatable bonds is 4. The molecule has 0 bridgehead atoms. The van der Waals surface area contributed by atoms with Crippen molar-refractivity contribution in [2.75, 3.05) is 26.4 Å². The zero-order valence-corrected chi connectivity index (χ0v) is 19.6. The largest absolute Gasteiger partial charge is 0.381 e. The van der Waals surface area contributed by atoms with Gasteiger partial charge in [0.25, 0.3) is 0 Å². The van der Waals surface area contributed by atoms with Gasteiger partial charge >= 0.3 is 0 Å². The van der Waals surface area contributed by atoms with Gasteiger partial charge in [0, 0.05) is 63.1 Å². The number of carbonyl (C=O) groups is 1. The fraction of sp³-hybridized carbons (Fsp3) is 0.500. The summed E-state index contributed by atoms with van der Waals surface area (Å²) in [5.74, 6) is 1.62. The van der Waals surface area contributed by atoms with Crippen molar-refractivity contribution >= 4 is 34.6 Å². The lowest BCUT2D eigenvalue weighted by atomic mass is 9.99. The summed E-state index contributed by atoms with van der Waals surface area (Å²) in [6.07, 6.45) is 12.1. The number of nitrogens with one attached hydrogen (secondary N) is 1. The first-order valence-electron chi connectivity index (χ1n) is 11.0. The number of carbonyl (C=O) groups excluding carboxylic acids is 1. The number of halogens is 2. The number of ether oxygens (including phenoxy) is 2. The standard InChI is InChI=1S/C11H14ClN3O2.C11H12ClN3O/c12-10-9(13-3-4-14-10)7-15-11(16)8-1-5-17-6-2-8;12-10-9-7-14-11(15(9)4-3-13-10)8-1-5-16-6-2-8/h3-4,8H,1-2,5-7H2,(H,15,16);3-4,7-8H,1-2,5-6H2. The molecule has 0 unspecified atom stereocenters. The lowest BCUT2D eigenvalue weighted by molar-refractivity contribution is -0.128. The van der Waals surface area contributed by atoms with E-state index in [1.54, 1.807) is 18.6 Å². The predicted molar refractivity (Wildman–Crippen MR) is 123 cm³/mol. The van der Waals surface area contributed by atoms with Crippen molar-refractivity contribution in [3.05, 3.63) is 52.8 Å². The molecule has 11 heteroatoms. The van der Waals surface area contributed by atoms with Crippen molar-refractivity contribution in [1.82, 2.24) is 29.7 Å². The Labute approximate surface area is 201 Å². The van der Waals surface area contributed by atoms with Gasteiger partial charge < -0.3 is 14.8 Å². The number of nitrogens with zero attached hydrogens (tertiary/aromatic N) is 5. The van der Waals surface area contributed by atoms with Crippen LogP contribution in [0.25, 0.3) is 5.52 Å². The molecule has 2 saturated heterocycles. The number of amides is 1. The van der Waals surface area contributed by atoms with Gasteiger partial charge in [0.1, 0.15) is 11.3 Å². The van der Waals surface area contributed by atoms with Crippen LogP contribution in [0.4, 0.5) is 0 Å². The second kappa shape index (κ2) is 11.7. The number of imidazole rings is 1. The molecule has 33 heavy (non-hydrogen) atoms. The Hall–Kier alpha value is -2.33. The van der Waals surface area contributed by atoms with Crippen LogP contribution in [0.15, 0.2) is 31.0 Å². The first kappa shape index (κ1) is 23.8. The molecule has 2 fully saturated rings. The Morgan fingerprint density at radius 1 is 0.939 bits per heavy atom. The first-order chi connectivity index (χ1) is 16.1. The number of hydrogen-bond donors (Lipinski definition) is 1. The second-order valence-electron chi connectivity index (χ2n) is 7.87. The van der Waals surface area contributed by atoms with Crippen LogP contribution in [0.3, 0.4) is 0 Å². The van der Waals surface area contributed by atoms with E-state index in [4.69, 9.17) is 32.7 Å². The molecule has 5 rings (SSSR count). The third kappa shape index (κ3) is 6.17. The lowest BCUT2D eigenvalue weighted by Crippen LogP contribution is -2.34. The molecule has 1 N–H and O–H groups in total. The maximum absolute atomic E-state index is 11.8. The highest BCUT2D eigenvalue weighted by atomic mass is 35.5. The van der Waals surface area contributed by atoms with Gasteiger partial charge in [-0.1, -0.05) is 23.2 Å². The van der Waals surface area contributed by atoms with Gasteiger partial charge in [0.15, 0.2) is 10.3 Å². The van der Waals surface area contributed by atoms with Crippen molar-refractivity contribution in [2.24, 2.45) is 5.92 Å². The molecule has 0 aromatic carbocycles. The third-order valence-electron chi connectivity index (χ3n) is 5.77. The van der Waals surface area contributed by atoms with Gasteiger partial charge in [-0.15, -0.1) is 0 Å². The van der Waals surface area contributed by atoms with E-state index < -0.39 is 0 Å². The van der Waals surface area contributed by atoms with Crippen molar-refractivity contribution in [2.45, 2.75) is 38.1 Å². The maximum Gasteiger partial charge on any atom is 0.223 e. The van der Waals surface area contributed by atoms with Crippen LogP contribution in [0, 0.1) is 5.92 Å². The molecule has 0 atom stereocenters. The Kier molecular flexibility index (Phi) is 8.44. The average Bonchev–Trinajstić information content (AvgIpc) is 3.30. The van der Waals surface area contributed by atoms with Crippen LogP contribution in [-0.2, 0) is 20.8 Å². The summed E-state index contributed by atoms with van der Waals surface area (Å²) in [6, 6.07) is 0. The summed E-state index contributed by atoms with van der Waals surface area (Å²) in [6.45, 7) is 3.27. The topological polar surface area (TPSA) is 104 Å². The summed E-state index contributed by atoms with van der Waals surface area (Å²) in [4.78, 5) is 28.3. The van der Waals surface area contributed by atoms with Crippen molar-refractivity contribution in [1.29, 1.82) is 0 Å². The quantitative estimate of drug-likeness (QED) is 0.594. The summed E-state index contributed by atoms with van der Waals surface area (Å²) < 4.78 is 12.6. The molecule has 0 aliphatic carbocycles. The molecule has 0 spiro atoms. The van der Waals surface area contributed by atoms with E-state index in [1.807, 2.05) is 10.6 Å². The minimum Gasteiger partial charge on any atom is -0.381 e. The normalized spacial score (nSPS) is 17.4. The fourth-order valence-electron chi connectivity index (χ4n) is 3.92. The highest BCUT2D eigenvalue weighted by Gasteiger charge is 2.22. The Morgan fingerprint density at radius 2 is 1.61 bits per heavy atom. The first-order valence-corrected chi connectivity index (χ1v) is 11.7. The van der Waals surface area contributed by atoms with Crippen molar-refractivity contribution in [3.8, 4) is 0 Å². The smallest absolute Gasteiger partial charge is 0.223 e. The monoisotopic (exact) mass is 492 g/mol. The highest BCUT2D eigenvalue weighted by molar-refractivity contribution is 6.32. The number of hydrogen-bond acceptors (Lipinski definition) is 7. The number of fused-ring (bicyclic) bond motifs is 1. The van der Waals surface area contributed by atoms with Gasteiger partial charge in [-0.3, -0.25) is 14.2 Å². The zero-order valence-electron chi connectivity index (χ0n) is 18.1. The van der Waals surface area contributed by atoms with Gasteiger partial charge in [-0.25, -0.2) is 15.0 Å². The molecule has 0 saturated carbocycles. The lowest BCUT2D eigenvalue weighted by Gasteiger charge is -2.21. The van der Waals surface area contributed by atoms with E-state index in [0.717, 1.165) is 50.2 Å². The Morgan fingerprint density at radius 3 is 2.33 bits per heavy atom. The molecule has 3 aromatic rings. The van der Waals surface area contributed by atoms with Crippen LogP contribution in [0.2, 0.25) is 10.3 Å². The third-order valence-corrected chi connectivity index (χ3v) is 6.38. The second-order valence-corrected chi connectivity index (χ2v) is 8.59. The summed E-state index contributed by atoms with van der Waals surface area (Å²) in [5, 5.41) is 3.67. The summed E-state index contributed by atoms with van der Waals surface area (Å²) >= 11 is 11.9. The fourth-order valence-corrected chi connectivity index (χ4v) is 4.29. The van der Waals surface area contributed by atoms with Gasteiger partial charge in [-0.2, -0.15) is 0 Å². The minimum absolute atomic E-state index is 0.0371. The molecule has 1 amide bonds. The van der Waals surface area contributed by atoms with E-state index in [1.165, 1.54) is 6.20 Å². The molecule has 5 heterocycles. The SMILES string of the molecule is Clc1nccn2c(C3CCOCC3)ncc12.O=C(NCc1nccnc1Cl)C1CCOCC1. The van der Waals surface area contributed by atoms with Crippen LogP contribution in [0.5, 0.6) is 0 Å². The average molecular weight is 493 g/mol. The van der Waals surface area contributed by atoms with E-state index in [0.29, 0.717) is 41.7 Å². The van der Waals surface area contributed by atoms with Gasteiger partial charge in [0.2, 0.25) is 5.91 Å². The summed E-state index contributed by atoms with van der Waals surface area (Å²) in [7, 11) is 0. The predicted octanol–water partition coefficient (Wildman–Crippen LogP) is 3.45. The molecule has 2 aliphatic heterocycles.